The van der Waals surface area contributed by atoms with Crippen LogP contribution < -0.4 is 5.32 Å². The summed E-state index contributed by atoms with van der Waals surface area (Å²) in [7, 11) is -2.82. The van der Waals surface area contributed by atoms with Gasteiger partial charge in [-0.15, -0.1) is 0 Å². The third-order valence-corrected chi connectivity index (χ3v) is 2.64. The standard InChI is InChI=1S/C9H17NO4S/c1-7(12)10-8(9(13)14-2)6-15-5-3-4-11/h8,11H,3-6H2,1-2H3,(H,10,12)/t8-/m0/s1/i2D3. The topological polar surface area (TPSA) is 75.6 Å². The predicted octanol–water partition coefficient (Wildman–Crippen LogP) is -0.220. The molecular weight excluding hydrogens is 218 g/mol. The molecule has 0 fully saturated rings. The molecule has 0 radical (unpaired) electrons. The van der Waals surface area contributed by atoms with Crippen LogP contribution in [0.15, 0.2) is 0 Å². The fourth-order valence-corrected chi connectivity index (χ4v) is 1.81. The van der Waals surface area contributed by atoms with Gasteiger partial charge in [-0.3, -0.25) is 4.79 Å². The molecule has 88 valence electrons. The number of methoxy groups -OCH3 is 1. The van der Waals surface area contributed by atoms with E-state index in [1.54, 1.807) is 0 Å². The van der Waals surface area contributed by atoms with Crippen molar-refractivity contribution in [1.29, 1.82) is 0 Å². The smallest absolute Gasteiger partial charge is 0.329 e. The van der Waals surface area contributed by atoms with Crippen molar-refractivity contribution in [3.8, 4) is 0 Å². The molecule has 0 saturated heterocycles. The Morgan fingerprint density at radius 3 is 2.93 bits per heavy atom. The Labute approximate surface area is 97.8 Å². The fraction of sp³-hybridized carbons (Fsp3) is 0.778. The molecule has 0 aliphatic carbocycles. The van der Waals surface area contributed by atoms with Gasteiger partial charge in [0.25, 0.3) is 0 Å². The lowest BCUT2D eigenvalue weighted by Crippen LogP contribution is -2.42. The molecule has 1 atom stereocenters. The van der Waals surface area contributed by atoms with Gasteiger partial charge in [0.2, 0.25) is 5.91 Å². The number of thioether (sulfide) groups is 1. The van der Waals surface area contributed by atoms with Crippen LogP contribution in [0.1, 0.15) is 17.5 Å². The first kappa shape index (κ1) is 9.47. The molecule has 0 unspecified atom stereocenters. The van der Waals surface area contributed by atoms with Gasteiger partial charge in [0.1, 0.15) is 6.04 Å². The molecular formula is C9H17NO4S. The van der Waals surface area contributed by atoms with E-state index in [1.165, 1.54) is 18.7 Å². The molecule has 6 heteroatoms. The number of esters is 1. The van der Waals surface area contributed by atoms with Crippen molar-refractivity contribution in [2.45, 2.75) is 19.4 Å². The highest BCUT2D eigenvalue weighted by atomic mass is 32.2. The third-order valence-electron chi connectivity index (χ3n) is 1.49. The molecule has 15 heavy (non-hydrogen) atoms. The SMILES string of the molecule is [2H]C([2H])([2H])OC(=O)[C@H](CSCCCO)NC(C)=O. The molecule has 0 saturated carbocycles. The number of amides is 1. The average Bonchev–Trinajstić information content (AvgIpc) is 2.19. The zero-order chi connectivity index (χ0) is 14.2. The van der Waals surface area contributed by atoms with Crippen LogP contribution >= 0.6 is 11.8 Å². The van der Waals surface area contributed by atoms with Crippen LogP contribution in [0.3, 0.4) is 0 Å². The Bertz CT molecular complexity index is 285. The normalized spacial score (nSPS) is 15.7. The number of carbonyl (C=O) groups is 2. The average molecular weight is 238 g/mol. The van der Waals surface area contributed by atoms with Crippen LogP contribution in [0.4, 0.5) is 0 Å². The number of aliphatic hydroxyl groups excluding tert-OH is 1. The molecule has 0 heterocycles. The molecule has 0 aromatic carbocycles. The Morgan fingerprint density at radius 2 is 2.40 bits per heavy atom. The molecule has 2 N–H and O–H groups in total. The van der Waals surface area contributed by atoms with E-state index in [-0.39, 0.29) is 12.4 Å². The van der Waals surface area contributed by atoms with Crippen molar-refractivity contribution in [3.05, 3.63) is 0 Å². The summed E-state index contributed by atoms with van der Waals surface area (Å²) in [5, 5.41) is 10.9. The number of hydrogen-bond donors (Lipinski definition) is 2. The van der Waals surface area contributed by atoms with E-state index in [1.807, 2.05) is 0 Å². The first-order chi connectivity index (χ1) is 8.26. The van der Waals surface area contributed by atoms with E-state index in [0.29, 0.717) is 12.2 Å². The fourth-order valence-electron chi connectivity index (χ4n) is 0.853. The van der Waals surface area contributed by atoms with Crippen molar-refractivity contribution >= 4 is 23.6 Å². The van der Waals surface area contributed by atoms with Gasteiger partial charge in [-0.1, -0.05) is 0 Å². The Morgan fingerprint density at radius 1 is 1.67 bits per heavy atom. The van der Waals surface area contributed by atoms with Gasteiger partial charge in [0.05, 0.1) is 11.2 Å². The minimum absolute atomic E-state index is 0.0392. The number of aliphatic hydroxyl groups is 1. The van der Waals surface area contributed by atoms with Gasteiger partial charge < -0.3 is 15.2 Å². The second kappa shape index (κ2) is 8.55. The summed E-state index contributed by atoms with van der Waals surface area (Å²) < 4.78 is 24.7. The van der Waals surface area contributed by atoms with Gasteiger partial charge in [0, 0.05) is 19.3 Å². The van der Waals surface area contributed by atoms with Crippen LogP contribution in [-0.2, 0) is 14.3 Å². The van der Waals surface area contributed by atoms with Crippen molar-refractivity contribution < 1.29 is 23.5 Å². The zero-order valence-electron chi connectivity index (χ0n) is 11.5. The largest absolute Gasteiger partial charge is 0.467 e. The summed E-state index contributed by atoms with van der Waals surface area (Å²) in [5.41, 5.74) is 0. The van der Waals surface area contributed by atoms with Crippen LogP contribution in [0.5, 0.6) is 0 Å². The molecule has 5 nitrogen and oxygen atoms in total. The van der Waals surface area contributed by atoms with Crippen LogP contribution in [0.2, 0.25) is 0 Å². The van der Waals surface area contributed by atoms with Gasteiger partial charge in [0.15, 0.2) is 0 Å². The predicted molar refractivity (Wildman–Crippen MR) is 58.6 cm³/mol. The maximum atomic E-state index is 11.5. The highest BCUT2D eigenvalue weighted by Crippen LogP contribution is 2.05. The highest BCUT2D eigenvalue weighted by Gasteiger charge is 2.19. The summed E-state index contributed by atoms with van der Waals surface area (Å²) >= 11 is 1.32. The summed E-state index contributed by atoms with van der Waals surface area (Å²) in [4.78, 5) is 22.4. The lowest BCUT2D eigenvalue weighted by molar-refractivity contribution is -0.144. The van der Waals surface area contributed by atoms with Gasteiger partial charge in [-0.25, -0.2) is 4.79 Å². The first-order valence-electron chi connectivity index (χ1n) is 5.95. The highest BCUT2D eigenvalue weighted by molar-refractivity contribution is 7.99. The maximum Gasteiger partial charge on any atom is 0.329 e. The number of rotatable bonds is 7. The van der Waals surface area contributed by atoms with E-state index < -0.39 is 25.0 Å². The number of carbonyl (C=O) groups excluding carboxylic acids is 2. The molecule has 0 aromatic rings. The summed E-state index contributed by atoms with van der Waals surface area (Å²) in [5.74, 6) is -0.616. The molecule has 0 spiro atoms. The Balaban J connectivity index is 4.29. The summed E-state index contributed by atoms with van der Waals surface area (Å²) in [6.07, 6.45) is 0.561. The monoisotopic (exact) mass is 238 g/mol. The van der Waals surface area contributed by atoms with Crippen LogP contribution in [-0.4, -0.2) is 48.2 Å². The molecule has 0 bridgehead atoms. The first-order valence-corrected chi connectivity index (χ1v) is 5.60. The molecule has 0 aromatic heterocycles. The molecule has 0 aliphatic rings. The number of ether oxygens (including phenoxy) is 1. The quantitative estimate of drug-likeness (QED) is 0.474. The minimum Gasteiger partial charge on any atom is -0.467 e. The zero-order valence-corrected chi connectivity index (χ0v) is 9.30. The van der Waals surface area contributed by atoms with E-state index in [2.05, 4.69) is 10.1 Å². The lowest BCUT2D eigenvalue weighted by Gasteiger charge is -2.14. The summed E-state index contributed by atoms with van der Waals surface area (Å²) in [6, 6.07) is -0.994. The number of hydrogen-bond acceptors (Lipinski definition) is 5. The van der Waals surface area contributed by atoms with Crippen LogP contribution in [0.25, 0.3) is 0 Å². The minimum atomic E-state index is -2.82. The van der Waals surface area contributed by atoms with Gasteiger partial charge in [-0.2, -0.15) is 11.8 Å². The molecule has 0 aliphatic heterocycles. The summed E-state index contributed by atoms with van der Waals surface area (Å²) in [6.45, 7) is 1.27. The second-order valence-corrected chi connectivity index (χ2v) is 3.98. The van der Waals surface area contributed by atoms with Gasteiger partial charge >= 0.3 is 5.97 Å². The van der Waals surface area contributed by atoms with Crippen molar-refractivity contribution in [1.82, 2.24) is 5.32 Å². The van der Waals surface area contributed by atoms with Crippen LogP contribution in [0, 0.1) is 0 Å². The van der Waals surface area contributed by atoms with Crippen molar-refractivity contribution in [2.75, 3.05) is 25.2 Å². The second-order valence-electron chi connectivity index (χ2n) is 2.83. The lowest BCUT2D eigenvalue weighted by atomic mass is 10.3. The maximum absolute atomic E-state index is 11.5. The van der Waals surface area contributed by atoms with E-state index >= 15 is 0 Å². The van der Waals surface area contributed by atoms with E-state index in [4.69, 9.17) is 9.22 Å². The molecule has 0 rings (SSSR count). The number of nitrogens with one attached hydrogen (secondary N) is 1. The van der Waals surface area contributed by atoms with E-state index in [0.717, 1.165) is 0 Å². The Hall–Kier alpha value is -0.750. The third kappa shape index (κ3) is 7.21. The Kier molecular flexibility index (Phi) is 5.40. The van der Waals surface area contributed by atoms with Gasteiger partial charge in [-0.05, 0) is 12.2 Å². The van der Waals surface area contributed by atoms with E-state index in [9.17, 15) is 9.59 Å². The van der Waals surface area contributed by atoms with Crippen molar-refractivity contribution in [3.63, 3.8) is 0 Å². The van der Waals surface area contributed by atoms with Crippen molar-refractivity contribution in [2.24, 2.45) is 0 Å². The molecule has 1 amide bonds.